The fourth-order valence-electron chi connectivity index (χ4n) is 1.46. The third kappa shape index (κ3) is 2.47. The number of carboxylic acid groups (broad SMARTS) is 1. The molecule has 3 N–H and O–H groups in total. The molecular formula is C10H9F3N2O3. The molecule has 1 heterocycles. The zero-order chi connectivity index (χ0) is 13.5. The van der Waals surface area contributed by atoms with Crippen molar-refractivity contribution in [2.75, 3.05) is 5.32 Å². The second-order valence-corrected chi connectivity index (χ2v) is 4.02. The molecule has 0 saturated heterocycles. The first-order valence-electron chi connectivity index (χ1n) is 5.13. The highest BCUT2D eigenvalue weighted by molar-refractivity contribution is 5.93. The van der Waals surface area contributed by atoms with Gasteiger partial charge in [0.05, 0.1) is 0 Å². The Morgan fingerprint density at radius 3 is 2.50 bits per heavy atom. The van der Waals surface area contributed by atoms with Crippen LogP contribution in [-0.4, -0.2) is 22.1 Å². The molecule has 1 aromatic heterocycles. The molecule has 1 saturated carbocycles. The molecule has 0 bridgehead atoms. The van der Waals surface area contributed by atoms with E-state index in [1.165, 1.54) is 0 Å². The minimum absolute atomic E-state index is 0.00971. The van der Waals surface area contributed by atoms with Gasteiger partial charge in [0.1, 0.15) is 16.9 Å². The zero-order valence-electron chi connectivity index (χ0n) is 8.97. The van der Waals surface area contributed by atoms with Gasteiger partial charge in [-0.25, -0.2) is 4.79 Å². The molecule has 98 valence electrons. The minimum atomic E-state index is -4.88. The predicted octanol–water partition coefficient (Wildman–Crippen LogP) is 1.67. The Bertz CT molecular complexity index is 546. The van der Waals surface area contributed by atoms with Crippen LogP contribution in [-0.2, 0) is 6.18 Å². The topological polar surface area (TPSA) is 82.2 Å². The van der Waals surface area contributed by atoms with E-state index in [0.717, 1.165) is 12.8 Å². The number of rotatable bonds is 3. The lowest BCUT2D eigenvalue weighted by atomic mass is 10.1. The molecule has 0 aromatic carbocycles. The molecule has 1 aromatic rings. The lowest BCUT2D eigenvalue weighted by Gasteiger charge is -2.11. The molecule has 1 aliphatic carbocycles. The van der Waals surface area contributed by atoms with Crippen LogP contribution >= 0.6 is 0 Å². The quantitative estimate of drug-likeness (QED) is 0.773. The van der Waals surface area contributed by atoms with Gasteiger partial charge in [-0.3, -0.25) is 4.79 Å². The maximum absolute atomic E-state index is 12.5. The summed E-state index contributed by atoms with van der Waals surface area (Å²) < 4.78 is 37.4. The van der Waals surface area contributed by atoms with Crippen molar-refractivity contribution in [2.24, 2.45) is 0 Å². The molecule has 18 heavy (non-hydrogen) atoms. The number of H-pyrrole nitrogens is 1. The van der Waals surface area contributed by atoms with Crippen LogP contribution in [0.15, 0.2) is 10.9 Å². The third-order valence-electron chi connectivity index (χ3n) is 2.50. The molecule has 0 aliphatic heterocycles. The maximum Gasteiger partial charge on any atom is 0.421 e. The first kappa shape index (κ1) is 12.5. The molecule has 0 amide bonds. The number of hydrogen-bond acceptors (Lipinski definition) is 3. The van der Waals surface area contributed by atoms with Crippen molar-refractivity contribution in [3.8, 4) is 0 Å². The van der Waals surface area contributed by atoms with E-state index in [1.807, 2.05) is 4.98 Å². The normalized spacial score (nSPS) is 15.5. The van der Waals surface area contributed by atoms with E-state index in [-0.39, 0.29) is 11.9 Å². The number of aromatic nitrogens is 1. The third-order valence-corrected chi connectivity index (χ3v) is 2.50. The van der Waals surface area contributed by atoms with Gasteiger partial charge in [-0.2, -0.15) is 13.2 Å². The van der Waals surface area contributed by atoms with Crippen molar-refractivity contribution in [1.82, 2.24) is 4.98 Å². The number of halogens is 3. The highest BCUT2D eigenvalue weighted by Gasteiger charge is 2.36. The van der Waals surface area contributed by atoms with Crippen LogP contribution in [0, 0.1) is 0 Å². The van der Waals surface area contributed by atoms with E-state index in [0.29, 0.717) is 6.07 Å². The van der Waals surface area contributed by atoms with E-state index in [9.17, 15) is 22.8 Å². The Morgan fingerprint density at radius 2 is 2.06 bits per heavy atom. The first-order chi connectivity index (χ1) is 8.29. The van der Waals surface area contributed by atoms with Crippen molar-refractivity contribution in [2.45, 2.75) is 25.1 Å². The smallest absolute Gasteiger partial charge is 0.421 e. The number of hydrogen-bond donors (Lipinski definition) is 3. The SMILES string of the molecule is O=C(O)c1cc(C(F)(F)F)c(=O)[nH]c1NC1CC1. The molecule has 0 unspecified atom stereocenters. The minimum Gasteiger partial charge on any atom is -0.478 e. The van der Waals surface area contributed by atoms with Gasteiger partial charge in [0.25, 0.3) is 5.56 Å². The van der Waals surface area contributed by atoms with Crippen LogP contribution in [0.4, 0.5) is 19.0 Å². The summed E-state index contributed by atoms with van der Waals surface area (Å²) in [4.78, 5) is 24.1. The van der Waals surface area contributed by atoms with Gasteiger partial charge in [-0.15, -0.1) is 0 Å². The van der Waals surface area contributed by atoms with E-state index in [4.69, 9.17) is 5.11 Å². The summed E-state index contributed by atoms with van der Waals surface area (Å²) in [6.07, 6.45) is -3.29. The Hall–Kier alpha value is -1.99. The van der Waals surface area contributed by atoms with Gasteiger partial charge < -0.3 is 15.4 Å². The second kappa shape index (κ2) is 4.04. The molecule has 1 aliphatic rings. The Labute approximate surface area is 98.6 Å². The summed E-state index contributed by atoms with van der Waals surface area (Å²) in [5, 5.41) is 11.5. The molecular weight excluding hydrogens is 253 g/mol. The first-order valence-corrected chi connectivity index (χ1v) is 5.13. The van der Waals surface area contributed by atoms with Crippen molar-refractivity contribution >= 4 is 11.8 Å². The van der Waals surface area contributed by atoms with E-state index in [1.54, 1.807) is 0 Å². The number of carboxylic acids is 1. The van der Waals surface area contributed by atoms with Crippen LogP contribution in [0.3, 0.4) is 0 Å². The molecule has 8 heteroatoms. The Morgan fingerprint density at radius 1 is 1.44 bits per heavy atom. The number of nitrogens with one attached hydrogen (secondary N) is 2. The van der Waals surface area contributed by atoms with Gasteiger partial charge in [0.15, 0.2) is 0 Å². The zero-order valence-corrected chi connectivity index (χ0v) is 8.97. The standard InChI is InChI=1S/C10H9F3N2O3/c11-10(12,13)6-3-5(9(17)18)7(15-8(6)16)14-4-1-2-4/h3-4H,1-2H2,(H,17,18)(H2,14,15,16). The van der Waals surface area contributed by atoms with Crippen LogP contribution in [0.25, 0.3) is 0 Å². The average Bonchev–Trinajstić information content (AvgIpc) is 2.99. The monoisotopic (exact) mass is 262 g/mol. The van der Waals surface area contributed by atoms with Gasteiger partial charge >= 0.3 is 12.1 Å². The number of aromatic carboxylic acids is 1. The molecule has 0 spiro atoms. The predicted molar refractivity (Wildman–Crippen MR) is 55.7 cm³/mol. The van der Waals surface area contributed by atoms with Crippen LogP contribution in [0.5, 0.6) is 0 Å². The Kier molecular flexibility index (Phi) is 2.80. The van der Waals surface area contributed by atoms with Crippen LogP contribution in [0.2, 0.25) is 0 Å². The highest BCUT2D eigenvalue weighted by Crippen LogP contribution is 2.30. The van der Waals surface area contributed by atoms with E-state index in [2.05, 4.69) is 5.32 Å². The summed E-state index contributed by atoms with van der Waals surface area (Å²) >= 11 is 0. The lowest BCUT2D eigenvalue weighted by molar-refractivity contribution is -0.138. The molecule has 5 nitrogen and oxygen atoms in total. The number of pyridine rings is 1. The fourth-order valence-corrected chi connectivity index (χ4v) is 1.46. The Balaban J connectivity index is 2.51. The summed E-state index contributed by atoms with van der Waals surface area (Å²) in [5.41, 5.74) is -3.45. The van der Waals surface area contributed by atoms with Crippen LogP contribution < -0.4 is 10.9 Å². The summed E-state index contributed by atoms with van der Waals surface area (Å²) in [6.45, 7) is 0. The average molecular weight is 262 g/mol. The second-order valence-electron chi connectivity index (χ2n) is 4.02. The largest absolute Gasteiger partial charge is 0.478 e. The van der Waals surface area contributed by atoms with Crippen molar-refractivity contribution in [3.05, 3.63) is 27.5 Å². The summed E-state index contributed by atoms with van der Waals surface area (Å²) in [6, 6.07) is 0.363. The highest BCUT2D eigenvalue weighted by atomic mass is 19.4. The molecule has 0 atom stereocenters. The van der Waals surface area contributed by atoms with Crippen molar-refractivity contribution in [1.29, 1.82) is 0 Å². The molecule has 1 fully saturated rings. The van der Waals surface area contributed by atoms with E-state index >= 15 is 0 Å². The van der Waals surface area contributed by atoms with E-state index < -0.39 is 28.8 Å². The number of carbonyl (C=O) groups is 1. The van der Waals surface area contributed by atoms with Crippen molar-refractivity contribution < 1.29 is 23.1 Å². The fraction of sp³-hybridized carbons (Fsp3) is 0.400. The van der Waals surface area contributed by atoms with Gasteiger partial charge in [-0.05, 0) is 18.9 Å². The lowest BCUT2D eigenvalue weighted by Crippen LogP contribution is -2.25. The van der Waals surface area contributed by atoms with Gasteiger partial charge in [-0.1, -0.05) is 0 Å². The number of aromatic amines is 1. The molecule has 2 rings (SSSR count). The van der Waals surface area contributed by atoms with Crippen LogP contribution in [0.1, 0.15) is 28.8 Å². The van der Waals surface area contributed by atoms with Gasteiger partial charge in [0, 0.05) is 6.04 Å². The summed E-state index contributed by atoms with van der Waals surface area (Å²) in [5.74, 6) is -1.71. The number of alkyl halides is 3. The number of anilines is 1. The summed E-state index contributed by atoms with van der Waals surface area (Å²) in [7, 11) is 0. The van der Waals surface area contributed by atoms with Gasteiger partial charge in [0.2, 0.25) is 0 Å². The molecule has 0 radical (unpaired) electrons. The van der Waals surface area contributed by atoms with Crippen molar-refractivity contribution in [3.63, 3.8) is 0 Å². The maximum atomic E-state index is 12.5.